The van der Waals surface area contributed by atoms with E-state index in [1.165, 1.54) is 11.1 Å². The molecule has 1 aliphatic heterocycles. The van der Waals surface area contributed by atoms with Crippen molar-refractivity contribution < 1.29 is 9.53 Å². The lowest BCUT2D eigenvalue weighted by atomic mass is 9.98. The van der Waals surface area contributed by atoms with E-state index in [1.807, 2.05) is 24.3 Å². The number of nitrogens with one attached hydrogen (secondary N) is 1. The summed E-state index contributed by atoms with van der Waals surface area (Å²) in [5.41, 5.74) is 2.49. The molecule has 1 fully saturated rings. The molecule has 1 amide bonds. The maximum atomic E-state index is 12.5. The van der Waals surface area contributed by atoms with Gasteiger partial charge in [-0.3, -0.25) is 9.69 Å². The van der Waals surface area contributed by atoms with Gasteiger partial charge in [-0.1, -0.05) is 60.7 Å². The van der Waals surface area contributed by atoms with Crippen molar-refractivity contribution in [1.29, 1.82) is 0 Å². The Morgan fingerprint density at radius 2 is 1.70 bits per heavy atom. The monoisotopic (exact) mass is 384 g/mol. The molecule has 1 saturated heterocycles. The normalized spacial score (nSPS) is 17.2. The number of thioether (sulfide) groups is 1. The number of carbonyl (C=O) groups is 1. The van der Waals surface area contributed by atoms with Crippen LogP contribution in [0.25, 0.3) is 0 Å². The van der Waals surface area contributed by atoms with E-state index in [-0.39, 0.29) is 18.0 Å². The molecule has 0 aromatic heterocycles. The zero-order valence-corrected chi connectivity index (χ0v) is 16.7. The standard InChI is InChI=1S/C22H28N2O2S/c1-18(23-21(25)17-27-16-19-8-4-2-5-9-19)22(20-10-6-3-7-11-20)24-12-14-26-15-13-24/h2-11,18,22H,12-17H2,1H3,(H,23,25)/t18-,22-/m0/s1. The van der Waals surface area contributed by atoms with Crippen molar-refractivity contribution in [2.75, 3.05) is 32.1 Å². The van der Waals surface area contributed by atoms with E-state index in [9.17, 15) is 4.79 Å². The van der Waals surface area contributed by atoms with Gasteiger partial charge in [0.2, 0.25) is 5.91 Å². The number of benzene rings is 2. The molecule has 0 aliphatic carbocycles. The lowest BCUT2D eigenvalue weighted by Gasteiger charge is -2.38. The molecule has 4 nitrogen and oxygen atoms in total. The maximum Gasteiger partial charge on any atom is 0.230 e. The van der Waals surface area contributed by atoms with Crippen LogP contribution in [0.1, 0.15) is 24.1 Å². The van der Waals surface area contributed by atoms with Crippen LogP contribution in [0, 0.1) is 0 Å². The molecule has 0 bridgehead atoms. The Labute approximate surface area is 166 Å². The van der Waals surface area contributed by atoms with E-state index in [0.29, 0.717) is 5.75 Å². The molecule has 2 atom stereocenters. The van der Waals surface area contributed by atoms with Crippen LogP contribution in [0.2, 0.25) is 0 Å². The van der Waals surface area contributed by atoms with Crippen molar-refractivity contribution >= 4 is 17.7 Å². The van der Waals surface area contributed by atoms with Gasteiger partial charge in [-0.2, -0.15) is 0 Å². The van der Waals surface area contributed by atoms with Crippen molar-refractivity contribution in [3.05, 3.63) is 71.8 Å². The summed E-state index contributed by atoms with van der Waals surface area (Å²) in [7, 11) is 0. The quantitative estimate of drug-likeness (QED) is 0.756. The third-order valence-electron chi connectivity index (χ3n) is 4.79. The van der Waals surface area contributed by atoms with Gasteiger partial charge in [0, 0.05) is 24.9 Å². The molecule has 5 heteroatoms. The van der Waals surface area contributed by atoms with E-state index < -0.39 is 0 Å². The van der Waals surface area contributed by atoms with Gasteiger partial charge in [-0.25, -0.2) is 0 Å². The van der Waals surface area contributed by atoms with Crippen molar-refractivity contribution in [2.45, 2.75) is 24.8 Å². The van der Waals surface area contributed by atoms with E-state index in [0.717, 1.165) is 32.1 Å². The van der Waals surface area contributed by atoms with Crippen molar-refractivity contribution in [1.82, 2.24) is 10.2 Å². The number of amides is 1. The van der Waals surface area contributed by atoms with Crippen molar-refractivity contribution in [3.63, 3.8) is 0 Å². The first-order valence-corrected chi connectivity index (χ1v) is 10.7. The van der Waals surface area contributed by atoms with Gasteiger partial charge < -0.3 is 10.1 Å². The Balaban J connectivity index is 1.56. The SMILES string of the molecule is C[C@H](NC(=O)CSCc1ccccc1)[C@@H](c1ccccc1)N1CCOCC1. The molecule has 0 spiro atoms. The first kappa shape index (κ1) is 19.9. The minimum Gasteiger partial charge on any atom is -0.379 e. The van der Waals surface area contributed by atoms with E-state index >= 15 is 0 Å². The van der Waals surface area contributed by atoms with Crippen LogP contribution < -0.4 is 5.32 Å². The molecule has 0 saturated carbocycles. The summed E-state index contributed by atoms with van der Waals surface area (Å²) in [6, 6.07) is 20.9. The summed E-state index contributed by atoms with van der Waals surface area (Å²) in [6.07, 6.45) is 0. The number of hydrogen-bond donors (Lipinski definition) is 1. The first-order chi connectivity index (χ1) is 13.2. The third kappa shape index (κ3) is 6.09. The highest BCUT2D eigenvalue weighted by Gasteiger charge is 2.28. The predicted molar refractivity (Wildman–Crippen MR) is 112 cm³/mol. The summed E-state index contributed by atoms with van der Waals surface area (Å²) >= 11 is 1.65. The van der Waals surface area contributed by atoms with Crippen LogP contribution in [0.5, 0.6) is 0 Å². The highest BCUT2D eigenvalue weighted by molar-refractivity contribution is 7.99. The van der Waals surface area contributed by atoms with Gasteiger partial charge in [-0.15, -0.1) is 11.8 Å². The zero-order chi connectivity index (χ0) is 18.9. The van der Waals surface area contributed by atoms with Crippen LogP contribution in [0.4, 0.5) is 0 Å². The number of ether oxygens (including phenoxy) is 1. The van der Waals surface area contributed by atoms with Crippen LogP contribution in [-0.4, -0.2) is 48.9 Å². The third-order valence-corrected chi connectivity index (χ3v) is 5.79. The summed E-state index contributed by atoms with van der Waals surface area (Å²) in [4.78, 5) is 14.9. The lowest BCUT2D eigenvalue weighted by Crippen LogP contribution is -2.48. The fourth-order valence-electron chi connectivity index (χ4n) is 3.53. The molecular weight excluding hydrogens is 356 g/mol. The maximum absolute atomic E-state index is 12.5. The number of rotatable bonds is 8. The molecule has 1 heterocycles. The van der Waals surface area contributed by atoms with E-state index in [2.05, 4.69) is 53.5 Å². The molecule has 0 unspecified atom stereocenters. The highest BCUT2D eigenvalue weighted by atomic mass is 32.2. The molecule has 27 heavy (non-hydrogen) atoms. The minimum atomic E-state index is 0.0373. The number of morpholine rings is 1. The van der Waals surface area contributed by atoms with Crippen LogP contribution in [0.3, 0.4) is 0 Å². The molecule has 144 valence electrons. The van der Waals surface area contributed by atoms with Gasteiger partial charge >= 0.3 is 0 Å². The summed E-state index contributed by atoms with van der Waals surface area (Å²) in [5, 5.41) is 3.22. The summed E-state index contributed by atoms with van der Waals surface area (Å²) < 4.78 is 5.51. The van der Waals surface area contributed by atoms with Gasteiger partial charge in [0.1, 0.15) is 0 Å². The van der Waals surface area contributed by atoms with Crippen molar-refractivity contribution in [2.24, 2.45) is 0 Å². The average Bonchev–Trinajstić information content (AvgIpc) is 2.70. The fourth-order valence-corrected chi connectivity index (χ4v) is 4.33. The van der Waals surface area contributed by atoms with Crippen LogP contribution in [-0.2, 0) is 15.3 Å². The Kier molecular flexibility index (Phi) is 7.75. The largest absolute Gasteiger partial charge is 0.379 e. The minimum absolute atomic E-state index is 0.0373. The lowest BCUT2D eigenvalue weighted by molar-refractivity contribution is -0.119. The molecule has 2 aromatic rings. The average molecular weight is 385 g/mol. The fraction of sp³-hybridized carbons (Fsp3) is 0.409. The van der Waals surface area contributed by atoms with E-state index in [1.54, 1.807) is 11.8 Å². The molecule has 3 rings (SSSR count). The second-order valence-corrected chi connectivity index (χ2v) is 7.82. The number of nitrogens with zero attached hydrogens (tertiary/aromatic N) is 1. The topological polar surface area (TPSA) is 41.6 Å². The van der Waals surface area contributed by atoms with Gasteiger partial charge in [0.15, 0.2) is 0 Å². The Bertz CT molecular complexity index is 690. The second kappa shape index (κ2) is 10.5. The second-order valence-electron chi connectivity index (χ2n) is 6.84. The highest BCUT2D eigenvalue weighted by Crippen LogP contribution is 2.25. The van der Waals surface area contributed by atoms with Gasteiger partial charge in [-0.05, 0) is 18.1 Å². The molecule has 0 radical (unpaired) electrons. The van der Waals surface area contributed by atoms with Crippen LogP contribution >= 0.6 is 11.8 Å². The zero-order valence-electron chi connectivity index (χ0n) is 15.8. The molecule has 2 aromatic carbocycles. The summed E-state index contributed by atoms with van der Waals surface area (Å²) in [6.45, 7) is 5.38. The summed E-state index contributed by atoms with van der Waals surface area (Å²) in [5.74, 6) is 1.43. The van der Waals surface area contributed by atoms with Gasteiger partial charge in [0.25, 0.3) is 0 Å². The molecule has 1 aliphatic rings. The molecular formula is C22H28N2O2S. The smallest absolute Gasteiger partial charge is 0.230 e. The number of carbonyl (C=O) groups excluding carboxylic acids is 1. The van der Waals surface area contributed by atoms with E-state index in [4.69, 9.17) is 4.74 Å². The predicted octanol–water partition coefficient (Wildman–Crippen LogP) is 3.50. The van der Waals surface area contributed by atoms with Crippen molar-refractivity contribution in [3.8, 4) is 0 Å². The van der Waals surface area contributed by atoms with Gasteiger partial charge in [0.05, 0.1) is 25.0 Å². The number of hydrogen-bond acceptors (Lipinski definition) is 4. The Morgan fingerprint density at radius 3 is 2.37 bits per heavy atom. The Morgan fingerprint density at radius 1 is 1.07 bits per heavy atom. The first-order valence-electron chi connectivity index (χ1n) is 9.52. The Hall–Kier alpha value is -1.82. The molecule has 1 N–H and O–H groups in total. The van der Waals surface area contributed by atoms with Crippen LogP contribution in [0.15, 0.2) is 60.7 Å².